The standard InChI is InChI=1S/C11H7ClN6O3/c12-6-3-5(1-2-7(6)18(19)20)21-10-8-9(15-4-14-8)16-11(13)17-10/h1-4H,(H3,13,14,15,16,17). The predicted octanol–water partition coefficient (Wildman–Crippen LogP) is 2.29. The molecule has 0 radical (unpaired) electrons. The van der Waals surface area contributed by atoms with Gasteiger partial charge in [-0.15, -0.1) is 0 Å². The zero-order chi connectivity index (χ0) is 15.0. The number of nitrogens with one attached hydrogen (secondary N) is 1. The van der Waals surface area contributed by atoms with Gasteiger partial charge in [-0.25, -0.2) is 4.98 Å². The van der Waals surface area contributed by atoms with Gasteiger partial charge in [0.15, 0.2) is 5.65 Å². The molecule has 0 aliphatic rings. The van der Waals surface area contributed by atoms with E-state index in [1.54, 1.807) is 0 Å². The van der Waals surface area contributed by atoms with Gasteiger partial charge >= 0.3 is 0 Å². The van der Waals surface area contributed by atoms with Crippen LogP contribution < -0.4 is 10.5 Å². The van der Waals surface area contributed by atoms with Crippen LogP contribution in [0.25, 0.3) is 11.2 Å². The van der Waals surface area contributed by atoms with E-state index in [0.29, 0.717) is 11.2 Å². The number of benzene rings is 1. The van der Waals surface area contributed by atoms with Crippen molar-refractivity contribution in [3.8, 4) is 11.6 Å². The van der Waals surface area contributed by atoms with Crippen molar-refractivity contribution in [1.82, 2.24) is 19.9 Å². The number of imidazole rings is 1. The van der Waals surface area contributed by atoms with Crippen molar-refractivity contribution in [2.45, 2.75) is 0 Å². The summed E-state index contributed by atoms with van der Waals surface area (Å²) in [7, 11) is 0. The second kappa shape index (κ2) is 4.87. The molecule has 2 aromatic heterocycles. The van der Waals surface area contributed by atoms with Crippen LogP contribution in [0, 0.1) is 10.1 Å². The topological polar surface area (TPSA) is 133 Å². The molecule has 0 atom stereocenters. The molecule has 9 nitrogen and oxygen atoms in total. The van der Waals surface area contributed by atoms with E-state index in [2.05, 4.69) is 19.9 Å². The number of halogens is 1. The van der Waals surface area contributed by atoms with Crippen LogP contribution in [0.15, 0.2) is 24.5 Å². The van der Waals surface area contributed by atoms with Crippen molar-refractivity contribution in [2.24, 2.45) is 0 Å². The fraction of sp³-hybridized carbons (Fsp3) is 0. The molecule has 1 aromatic carbocycles. The van der Waals surface area contributed by atoms with Crippen molar-refractivity contribution < 1.29 is 9.66 Å². The highest BCUT2D eigenvalue weighted by Gasteiger charge is 2.15. The molecule has 0 bridgehead atoms. The van der Waals surface area contributed by atoms with Gasteiger partial charge in [-0.05, 0) is 6.07 Å². The highest BCUT2D eigenvalue weighted by molar-refractivity contribution is 6.32. The largest absolute Gasteiger partial charge is 0.437 e. The van der Waals surface area contributed by atoms with E-state index >= 15 is 0 Å². The third kappa shape index (κ3) is 2.41. The number of rotatable bonds is 3. The summed E-state index contributed by atoms with van der Waals surface area (Å²) < 4.78 is 5.54. The number of nitrogens with zero attached hydrogens (tertiary/aromatic N) is 4. The van der Waals surface area contributed by atoms with Gasteiger partial charge in [0, 0.05) is 12.1 Å². The molecule has 106 valence electrons. The molecule has 0 saturated heterocycles. The fourth-order valence-corrected chi connectivity index (χ4v) is 1.95. The van der Waals surface area contributed by atoms with Gasteiger partial charge in [-0.3, -0.25) is 10.1 Å². The Labute approximate surface area is 121 Å². The minimum absolute atomic E-state index is 0.00221. The van der Waals surface area contributed by atoms with Gasteiger partial charge in [0.1, 0.15) is 16.3 Å². The van der Waals surface area contributed by atoms with Crippen molar-refractivity contribution in [3.63, 3.8) is 0 Å². The molecule has 0 fully saturated rings. The normalized spacial score (nSPS) is 10.7. The SMILES string of the molecule is Nc1nc(Oc2ccc([N+](=O)[O-])c(Cl)c2)c2[nH]cnc2n1. The van der Waals surface area contributed by atoms with E-state index in [4.69, 9.17) is 22.1 Å². The molecule has 21 heavy (non-hydrogen) atoms. The number of hydrogen-bond acceptors (Lipinski definition) is 7. The number of fused-ring (bicyclic) bond motifs is 1. The highest BCUT2D eigenvalue weighted by Crippen LogP contribution is 2.32. The lowest BCUT2D eigenvalue weighted by atomic mass is 10.3. The van der Waals surface area contributed by atoms with E-state index in [1.807, 2.05) is 0 Å². The van der Waals surface area contributed by atoms with Gasteiger partial charge < -0.3 is 15.5 Å². The first kappa shape index (κ1) is 13.1. The summed E-state index contributed by atoms with van der Waals surface area (Å²) in [5, 5.41) is 10.7. The van der Waals surface area contributed by atoms with E-state index in [0.717, 1.165) is 0 Å². The summed E-state index contributed by atoms with van der Waals surface area (Å²) in [5.41, 5.74) is 6.16. The second-order valence-electron chi connectivity index (χ2n) is 3.96. The number of hydrogen-bond donors (Lipinski definition) is 2. The molecule has 3 rings (SSSR count). The number of nitrogen functional groups attached to an aromatic ring is 1. The summed E-state index contributed by atoms with van der Waals surface area (Å²) in [6, 6.07) is 3.97. The quantitative estimate of drug-likeness (QED) is 0.560. The first-order valence-corrected chi connectivity index (χ1v) is 6.01. The first-order chi connectivity index (χ1) is 10.0. The zero-order valence-corrected chi connectivity index (χ0v) is 11.0. The lowest BCUT2D eigenvalue weighted by Gasteiger charge is -2.06. The second-order valence-corrected chi connectivity index (χ2v) is 4.37. The maximum atomic E-state index is 10.7. The third-order valence-corrected chi connectivity index (χ3v) is 2.90. The maximum Gasteiger partial charge on any atom is 0.288 e. The summed E-state index contributed by atoms with van der Waals surface area (Å²) in [6.45, 7) is 0. The number of nitro groups is 1. The van der Waals surface area contributed by atoms with Gasteiger partial charge in [0.05, 0.1) is 11.3 Å². The van der Waals surface area contributed by atoms with Gasteiger partial charge in [-0.2, -0.15) is 9.97 Å². The molecule has 3 aromatic rings. The molecule has 0 saturated carbocycles. The Bertz CT molecular complexity index is 849. The third-order valence-electron chi connectivity index (χ3n) is 2.60. The number of anilines is 1. The summed E-state index contributed by atoms with van der Waals surface area (Å²) >= 11 is 5.82. The molecule has 2 heterocycles. The van der Waals surface area contributed by atoms with E-state index < -0.39 is 4.92 Å². The summed E-state index contributed by atoms with van der Waals surface area (Å²) in [5.74, 6) is 0.428. The Morgan fingerprint density at radius 1 is 1.38 bits per heavy atom. The minimum Gasteiger partial charge on any atom is -0.437 e. The molecule has 0 amide bonds. The van der Waals surface area contributed by atoms with E-state index in [-0.39, 0.29) is 28.3 Å². The molecule has 10 heteroatoms. The Balaban J connectivity index is 2.00. The molecule has 3 N–H and O–H groups in total. The van der Waals surface area contributed by atoms with Crippen molar-refractivity contribution in [3.05, 3.63) is 39.7 Å². The highest BCUT2D eigenvalue weighted by atomic mass is 35.5. The van der Waals surface area contributed by atoms with Crippen LogP contribution in [0.2, 0.25) is 5.02 Å². The van der Waals surface area contributed by atoms with Crippen LogP contribution in [-0.2, 0) is 0 Å². The average Bonchev–Trinajstić information content (AvgIpc) is 2.86. The van der Waals surface area contributed by atoms with Gasteiger partial charge in [0.25, 0.3) is 11.6 Å². The van der Waals surface area contributed by atoms with Crippen LogP contribution in [0.5, 0.6) is 11.6 Å². The molecule has 0 aliphatic carbocycles. The lowest BCUT2D eigenvalue weighted by molar-refractivity contribution is -0.384. The first-order valence-electron chi connectivity index (χ1n) is 5.63. The van der Waals surface area contributed by atoms with Crippen LogP contribution in [0.4, 0.5) is 11.6 Å². The summed E-state index contributed by atoms with van der Waals surface area (Å²) in [4.78, 5) is 24.8. The molecule has 0 aliphatic heterocycles. The van der Waals surface area contributed by atoms with Crippen LogP contribution >= 0.6 is 11.6 Å². The number of aromatic nitrogens is 4. The molecule has 0 unspecified atom stereocenters. The predicted molar refractivity (Wildman–Crippen MR) is 74.3 cm³/mol. The van der Waals surface area contributed by atoms with E-state index in [1.165, 1.54) is 24.5 Å². The van der Waals surface area contributed by atoms with E-state index in [9.17, 15) is 10.1 Å². The van der Waals surface area contributed by atoms with Gasteiger partial charge in [0.2, 0.25) is 5.95 Å². The molecular formula is C11H7ClN6O3. The fourth-order valence-electron chi connectivity index (χ4n) is 1.71. The minimum atomic E-state index is -0.581. The Morgan fingerprint density at radius 2 is 2.19 bits per heavy atom. The zero-order valence-electron chi connectivity index (χ0n) is 10.3. The van der Waals surface area contributed by atoms with Crippen molar-refractivity contribution in [1.29, 1.82) is 0 Å². The van der Waals surface area contributed by atoms with Crippen LogP contribution in [0.3, 0.4) is 0 Å². The average molecular weight is 307 g/mol. The van der Waals surface area contributed by atoms with Crippen molar-refractivity contribution >= 4 is 34.4 Å². The molecular weight excluding hydrogens is 300 g/mol. The Hall–Kier alpha value is -2.94. The lowest BCUT2D eigenvalue weighted by Crippen LogP contribution is -1.98. The van der Waals surface area contributed by atoms with Crippen LogP contribution in [0.1, 0.15) is 0 Å². The maximum absolute atomic E-state index is 10.7. The number of nitro benzene ring substituents is 1. The van der Waals surface area contributed by atoms with Crippen molar-refractivity contribution in [2.75, 3.05) is 5.73 Å². The number of ether oxygens (including phenoxy) is 1. The summed E-state index contributed by atoms with van der Waals surface area (Å²) in [6.07, 6.45) is 1.43. The Kier molecular flexibility index (Phi) is 3.03. The number of H-pyrrole nitrogens is 1. The smallest absolute Gasteiger partial charge is 0.288 e. The van der Waals surface area contributed by atoms with Gasteiger partial charge in [-0.1, -0.05) is 11.6 Å². The molecule has 0 spiro atoms. The van der Waals surface area contributed by atoms with Crippen LogP contribution in [-0.4, -0.2) is 24.9 Å². The Morgan fingerprint density at radius 3 is 2.90 bits per heavy atom. The number of aromatic amines is 1. The monoisotopic (exact) mass is 306 g/mol. The number of nitrogens with two attached hydrogens (primary N) is 1.